The molecular weight excluding hydrogens is 369 g/mol. The number of rotatable bonds is 5. The van der Waals surface area contributed by atoms with Gasteiger partial charge in [0.25, 0.3) is 0 Å². The van der Waals surface area contributed by atoms with Gasteiger partial charge in [-0.3, -0.25) is 4.57 Å². The molecule has 0 radical (unpaired) electrons. The van der Waals surface area contributed by atoms with Gasteiger partial charge in [-0.1, -0.05) is 53.7 Å². The molecule has 4 rings (SSSR count). The SMILES string of the molecule is Fc1cccc(CSc2nc3cccnc3n2Cc2ccccc2Cl)c1. The molecule has 0 N–H and O–H groups in total. The van der Waals surface area contributed by atoms with Gasteiger partial charge in [-0.25, -0.2) is 14.4 Å². The third-order valence-corrected chi connectivity index (χ3v) is 5.43. The molecule has 2 aromatic carbocycles. The highest BCUT2D eigenvalue weighted by Gasteiger charge is 2.14. The lowest BCUT2D eigenvalue weighted by Crippen LogP contribution is -2.03. The molecule has 3 nitrogen and oxygen atoms in total. The fourth-order valence-corrected chi connectivity index (χ4v) is 3.90. The van der Waals surface area contributed by atoms with E-state index in [1.807, 2.05) is 42.5 Å². The molecule has 6 heteroatoms. The first-order valence-electron chi connectivity index (χ1n) is 8.12. The van der Waals surface area contributed by atoms with Gasteiger partial charge in [0.1, 0.15) is 11.3 Å². The number of thioether (sulfide) groups is 1. The van der Waals surface area contributed by atoms with Crippen LogP contribution < -0.4 is 0 Å². The smallest absolute Gasteiger partial charge is 0.170 e. The summed E-state index contributed by atoms with van der Waals surface area (Å²) in [6.45, 7) is 0.582. The average Bonchev–Trinajstić information content (AvgIpc) is 3.00. The molecule has 0 saturated carbocycles. The van der Waals surface area contributed by atoms with Gasteiger partial charge < -0.3 is 0 Å². The van der Waals surface area contributed by atoms with Crippen molar-refractivity contribution < 1.29 is 4.39 Å². The normalized spacial score (nSPS) is 11.2. The Bertz CT molecular complexity index is 1060. The standard InChI is InChI=1S/C20H15ClFN3S/c21-17-8-2-1-6-15(17)12-25-19-18(9-4-10-23-19)24-20(25)26-13-14-5-3-7-16(22)11-14/h1-11H,12-13H2. The third-order valence-electron chi connectivity index (χ3n) is 4.01. The summed E-state index contributed by atoms with van der Waals surface area (Å²) >= 11 is 7.89. The van der Waals surface area contributed by atoms with Crippen LogP contribution in [0.3, 0.4) is 0 Å². The number of benzene rings is 2. The highest BCUT2D eigenvalue weighted by Crippen LogP contribution is 2.28. The van der Waals surface area contributed by atoms with Crippen molar-refractivity contribution in [3.8, 4) is 0 Å². The summed E-state index contributed by atoms with van der Waals surface area (Å²) in [5.74, 6) is 0.401. The monoisotopic (exact) mass is 383 g/mol. The maximum Gasteiger partial charge on any atom is 0.170 e. The first-order valence-corrected chi connectivity index (χ1v) is 9.49. The van der Waals surface area contributed by atoms with Crippen LogP contribution in [0.2, 0.25) is 5.02 Å². The topological polar surface area (TPSA) is 30.7 Å². The summed E-state index contributed by atoms with van der Waals surface area (Å²) in [5, 5.41) is 1.55. The Morgan fingerprint density at radius 2 is 1.92 bits per heavy atom. The van der Waals surface area contributed by atoms with Crippen molar-refractivity contribution in [1.29, 1.82) is 0 Å². The quantitative estimate of drug-likeness (QED) is 0.422. The van der Waals surface area contributed by atoms with Crippen LogP contribution in [0.25, 0.3) is 11.2 Å². The maximum absolute atomic E-state index is 13.4. The Morgan fingerprint density at radius 3 is 2.77 bits per heavy atom. The van der Waals surface area contributed by atoms with E-state index < -0.39 is 0 Å². The Kier molecular flexibility index (Phi) is 4.91. The van der Waals surface area contributed by atoms with E-state index in [1.165, 1.54) is 6.07 Å². The molecule has 0 unspecified atom stereocenters. The zero-order valence-electron chi connectivity index (χ0n) is 13.8. The molecule has 0 fully saturated rings. The molecule has 0 atom stereocenters. The van der Waals surface area contributed by atoms with E-state index in [1.54, 1.807) is 30.1 Å². The van der Waals surface area contributed by atoms with E-state index in [9.17, 15) is 4.39 Å². The van der Waals surface area contributed by atoms with Crippen molar-refractivity contribution >= 4 is 34.5 Å². The minimum atomic E-state index is -0.227. The van der Waals surface area contributed by atoms with E-state index in [-0.39, 0.29) is 5.82 Å². The largest absolute Gasteiger partial charge is 0.299 e. The molecule has 0 aliphatic rings. The van der Waals surface area contributed by atoms with Crippen LogP contribution in [0.5, 0.6) is 0 Å². The minimum absolute atomic E-state index is 0.227. The van der Waals surface area contributed by atoms with Gasteiger partial charge in [0.15, 0.2) is 10.8 Å². The van der Waals surface area contributed by atoms with Crippen molar-refractivity contribution in [2.24, 2.45) is 0 Å². The fourth-order valence-electron chi connectivity index (χ4n) is 2.76. The lowest BCUT2D eigenvalue weighted by Gasteiger charge is -2.10. The molecule has 0 saturated heterocycles. The van der Waals surface area contributed by atoms with Crippen molar-refractivity contribution in [2.45, 2.75) is 17.5 Å². The van der Waals surface area contributed by atoms with Crippen LogP contribution in [-0.4, -0.2) is 14.5 Å². The molecule has 26 heavy (non-hydrogen) atoms. The van der Waals surface area contributed by atoms with Crippen molar-refractivity contribution in [3.05, 3.63) is 88.8 Å². The van der Waals surface area contributed by atoms with Gasteiger partial charge in [-0.2, -0.15) is 0 Å². The summed E-state index contributed by atoms with van der Waals surface area (Å²) in [6.07, 6.45) is 1.76. The average molecular weight is 384 g/mol. The Morgan fingerprint density at radius 1 is 1.04 bits per heavy atom. The molecule has 0 aliphatic heterocycles. The maximum atomic E-state index is 13.4. The van der Waals surface area contributed by atoms with Crippen LogP contribution >= 0.6 is 23.4 Å². The number of hydrogen-bond donors (Lipinski definition) is 0. The molecule has 0 amide bonds. The van der Waals surface area contributed by atoms with Gasteiger partial charge >= 0.3 is 0 Å². The predicted molar refractivity (Wildman–Crippen MR) is 104 cm³/mol. The highest BCUT2D eigenvalue weighted by atomic mass is 35.5. The van der Waals surface area contributed by atoms with Gasteiger partial charge in [-0.15, -0.1) is 0 Å². The minimum Gasteiger partial charge on any atom is -0.299 e. The zero-order chi connectivity index (χ0) is 17.9. The lowest BCUT2D eigenvalue weighted by molar-refractivity contribution is 0.626. The zero-order valence-corrected chi connectivity index (χ0v) is 15.3. The Balaban J connectivity index is 1.68. The molecular formula is C20H15ClFN3S. The van der Waals surface area contributed by atoms with Crippen molar-refractivity contribution in [2.75, 3.05) is 0 Å². The molecule has 0 aliphatic carbocycles. The summed E-state index contributed by atoms with van der Waals surface area (Å²) < 4.78 is 15.5. The lowest BCUT2D eigenvalue weighted by atomic mass is 10.2. The van der Waals surface area contributed by atoms with Crippen LogP contribution in [0.4, 0.5) is 4.39 Å². The number of nitrogens with zero attached hydrogens (tertiary/aromatic N) is 3. The number of aromatic nitrogens is 3. The number of hydrogen-bond acceptors (Lipinski definition) is 3. The van der Waals surface area contributed by atoms with E-state index in [2.05, 4.69) is 9.55 Å². The summed E-state index contributed by atoms with van der Waals surface area (Å²) in [7, 11) is 0. The van der Waals surface area contributed by atoms with Crippen molar-refractivity contribution in [1.82, 2.24) is 14.5 Å². The molecule has 0 spiro atoms. The fraction of sp³-hybridized carbons (Fsp3) is 0.100. The summed E-state index contributed by atoms with van der Waals surface area (Å²) in [4.78, 5) is 9.18. The van der Waals surface area contributed by atoms with Crippen LogP contribution in [-0.2, 0) is 12.3 Å². The highest BCUT2D eigenvalue weighted by molar-refractivity contribution is 7.98. The molecule has 2 heterocycles. The van der Waals surface area contributed by atoms with E-state index in [0.717, 1.165) is 27.4 Å². The van der Waals surface area contributed by atoms with Crippen molar-refractivity contribution in [3.63, 3.8) is 0 Å². The predicted octanol–water partition coefficient (Wildman–Crippen LogP) is 5.56. The second-order valence-electron chi connectivity index (χ2n) is 5.84. The number of imidazole rings is 1. The van der Waals surface area contributed by atoms with E-state index in [4.69, 9.17) is 16.6 Å². The molecule has 4 aromatic rings. The molecule has 130 valence electrons. The number of halogens is 2. The van der Waals surface area contributed by atoms with E-state index in [0.29, 0.717) is 17.3 Å². The van der Waals surface area contributed by atoms with Gasteiger partial charge in [-0.05, 0) is 41.5 Å². The Hall–Kier alpha value is -2.37. The Labute approximate surface area is 159 Å². The molecule has 2 aromatic heterocycles. The van der Waals surface area contributed by atoms with Gasteiger partial charge in [0.2, 0.25) is 0 Å². The second kappa shape index (κ2) is 7.48. The second-order valence-corrected chi connectivity index (χ2v) is 7.19. The molecule has 0 bridgehead atoms. The summed E-state index contributed by atoms with van der Waals surface area (Å²) in [5.41, 5.74) is 3.57. The first-order chi connectivity index (χ1) is 12.7. The van der Waals surface area contributed by atoms with E-state index >= 15 is 0 Å². The van der Waals surface area contributed by atoms with Gasteiger partial charge in [0.05, 0.1) is 6.54 Å². The van der Waals surface area contributed by atoms with Crippen LogP contribution in [0.1, 0.15) is 11.1 Å². The summed E-state index contributed by atoms with van der Waals surface area (Å²) in [6, 6.07) is 18.2. The van der Waals surface area contributed by atoms with Crippen LogP contribution in [0.15, 0.2) is 72.0 Å². The number of fused-ring (bicyclic) bond motifs is 1. The number of pyridine rings is 1. The third kappa shape index (κ3) is 3.59. The first kappa shape index (κ1) is 17.1. The van der Waals surface area contributed by atoms with Gasteiger partial charge in [0, 0.05) is 17.0 Å². The van der Waals surface area contributed by atoms with Crippen LogP contribution in [0, 0.1) is 5.82 Å².